The smallest absolute Gasteiger partial charge is 0.234 e. The molecule has 0 N–H and O–H groups in total. The van der Waals surface area contributed by atoms with Crippen LogP contribution in [0.1, 0.15) is 24.0 Å². The molecule has 5 rings (SSSR count). The molecule has 0 saturated heterocycles. The zero-order chi connectivity index (χ0) is 24.4. The molecule has 2 aromatic carbocycles. The van der Waals surface area contributed by atoms with E-state index in [-0.39, 0.29) is 0 Å². The first-order valence-electron chi connectivity index (χ1n) is 11.3. The van der Waals surface area contributed by atoms with Gasteiger partial charge in [-0.1, -0.05) is 23.9 Å². The fourth-order valence-corrected chi connectivity index (χ4v) is 4.77. The molecule has 0 aliphatic heterocycles. The van der Waals surface area contributed by atoms with Crippen LogP contribution >= 0.6 is 11.8 Å². The van der Waals surface area contributed by atoms with Crippen molar-refractivity contribution in [3.63, 3.8) is 0 Å². The molecule has 3 heterocycles. The molecule has 0 aliphatic rings. The quantitative estimate of drug-likeness (QED) is 0.276. The van der Waals surface area contributed by atoms with Crippen molar-refractivity contribution >= 4 is 17.5 Å². The van der Waals surface area contributed by atoms with Gasteiger partial charge in [0.2, 0.25) is 5.78 Å². The van der Waals surface area contributed by atoms with Crippen LogP contribution in [0.25, 0.3) is 22.9 Å². The molecule has 5 aromatic rings. The average Bonchev–Trinajstić information content (AvgIpc) is 3.48. The van der Waals surface area contributed by atoms with Crippen LogP contribution in [0.15, 0.2) is 66.0 Å². The largest absolute Gasteiger partial charge is 0.497 e. The van der Waals surface area contributed by atoms with E-state index in [2.05, 4.69) is 32.7 Å². The van der Waals surface area contributed by atoms with Crippen molar-refractivity contribution in [2.45, 2.75) is 31.7 Å². The Morgan fingerprint density at radius 2 is 1.77 bits per heavy atom. The monoisotopic (exact) mass is 486 g/mol. The molecule has 0 bridgehead atoms. The molecule has 178 valence electrons. The number of benzene rings is 2. The van der Waals surface area contributed by atoms with Crippen LogP contribution in [-0.4, -0.2) is 42.8 Å². The van der Waals surface area contributed by atoms with Gasteiger partial charge >= 0.3 is 0 Å². The van der Waals surface area contributed by atoms with Crippen LogP contribution in [0.2, 0.25) is 0 Å². The molecule has 0 fully saturated rings. The number of fused-ring (bicyclic) bond motifs is 1. The Bertz CT molecular complexity index is 1480. The van der Waals surface area contributed by atoms with Crippen molar-refractivity contribution in [1.82, 2.24) is 29.1 Å². The highest BCUT2D eigenvalue weighted by Gasteiger charge is 2.18. The number of ether oxygens (including phenoxy) is 2. The summed E-state index contributed by atoms with van der Waals surface area (Å²) in [5.41, 5.74) is 4.86. The van der Waals surface area contributed by atoms with Gasteiger partial charge in [-0.25, -0.2) is 9.97 Å². The molecule has 9 heteroatoms. The zero-order valence-corrected chi connectivity index (χ0v) is 20.9. The van der Waals surface area contributed by atoms with E-state index in [0.29, 0.717) is 18.1 Å². The minimum atomic E-state index is 0.620. The van der Waals surface area contributed by atoms with Gasteiger partial charge in [-0.05, 0) is 63.2 Å². The molecule has 0 unspecified atom stereocenters. The minimum Gasteiger partial charge on any atom is -0.497 e. The Labute approximate surface area is 208 Å². The number of methoxy groups -OCH3 is 1. The fourth-order valence-electron chi connectivity index (χ4n) is 3.93. The van der Waals surface area contributed by atoms with Gasteiger partial charge in [0.1, 0.15) is 11.5 Å². The lowest BCUT2D eigenvalue weighted by atomic mass is 10.2. The standard InChI is InChI=1S/C26H26N6O2S/c1-5-34-22-11-9-21(10-12-22)32-24(19-7-6-8-23(14-19)33-4)29-30-26(32)35-16-20-15-31-18(3)13-17(2)27-25(31)28-20/h6-15H,5,16H2,1-4H3. The lowest BCUT2D eigenvalue weighted by Gasteiger charge is -2.12. The van der Waals surface area contributed by atoms with Crippen molar-refractivity contribution < 1.29 is 9.47 Å². The van der Waals surface area contributed by atoms with Crippen molar-refractivity contribution in [2.75, 3.05) is 13.7 Å². The molecule has 0 amide bonds. The van der Waals surface area contributed by atoms with E-state index in [0.717, 1.165) is 50.8 Å². The molecule has 0 spiro atoms. The Kier molecular flexibility index (Phi) is 6.41. The molecule has 0 radical (unpaired) electrons. The van der Waals surface area contributed by atoms with E-state index in [1.165, 1.54) is 0 Å². The number of imidazole rings is 1. The normalized spacial score (nSPS) is 11.2. The fraction of sp³-hybridized carbons (Fsp3) is 0.231. The van der Waals surface area contributed by atoms with Crippen molar-refractivity contribution in [1.29, 1.82) is 0 Å². The summed E-state index contributed by atoms with van der Waals surface area (Å²) < 4.78 is 15.1. The van der Waals surface area contributed by atoms with Crippen molar-refractivity contribution in [2.24, 2.45) is 0 Å². The Balaban J connectivity index is 1.51. The molecular weight excluding hydrogens is 460 g/mol. The number of thioether (sulfide) groups is 1. The summed E-state index contributed by atoms with van der Waals surface area (Å²) in [6.45, 7) is 6.63. The summed E-state index contributed by atoms with van der Waals surface area (Å²) in [5, 5.41) is 9.85. The second-order valence-electron chi connectivity index (χ2n) is 8.03. The molecule has 8 nitrogen and oxygen atoms in total. The van der Waals surface area contributed by atoms with Crippen molar-refractivity contribution in [3.05, 3.63) is 77.9 Å². The Morgan fingerprint density at radius 3 is 2.54 bits per heavy atom. The predicted molar refractivity (Wildman–Crippen MR) is 137 cm³/mol. The van der Waals surface area contributed by atoms with Crippen LogP contribution < -0.4 is 9.47 Å². The van der Waals surface area contributed by atoms with Gasteiger partial charge < -0.3 is 9.47 Å². The van der Waals surface area contributed by atoms with Gasteiger partial charge in [-0.2, -0.15) is 0 Å². The summed E-state index contributed by atoms with van der Waals surface area (Å²) in [4.78, 5) is 9.26. The summed E-state index contributed by atoms with van der Waals surface area (Å²) in [6, 6.07) is 17.8. The lowest BCUT2D eigenvalue weighted by Crippen LogP contribution is -2.00. The predicted octanol–water partition coefficient (Wildman–Crippen LogP) is 5.29. The Morgan fingerprint density at radius 1 is 0.943 bits per heavy atom. The maximum absolute atomic E-state index is 5.63. The Hall–Kier alpha value is -3.85. The van der Waals surface area contributed by atoms with Crippen LogP contribution in [0.3, 0.4) is 0 Å². The van der Waals surface area contributed by atoms with Gasteiger partial charge in [0.25, 0.3) is 0 Å². The summed E-state index contributed by atoms with van der Waals surface area (Å²) in [5.74, 6) is 3.67. The highest BCUT2D eigenvalue weighted by Crippen LogP contribution is 2.31. The first kappa shape index (κ1) is 22.9. The third-order valence-electron chi connectivity index (χ3n) is 5.53. The first-order chi connectivity index (χ1) is 17.1. The van der Waals surface area contributed by atoms with Crippen LogP contribution in [0.4, 0.5) is 0 Å². The maximum atomic E-state index is 5.63. The summed E-state index contributed by atoms with van der Waals surface area (Å²) in [7, 11) is 1.66. The van der Waals surface area contributed by atoms with Crippen LogP contribution in [0.5, 0.6) is 11.5 Å². The number of rotatable bonds is 8. The maximum Gasteiger partial charge on any atom is 0.234 e. The second kappa shape index (κ2) is 9.79. The molecular formula is C26H26N6O2S. The SMILES string of the molecule is CCOc1ccc(-n2c(SCc3cn4c(C)cc(C)nc4n3)nnc2-c2cccc(OC)c2)cc1. The molecule has 0 aliphatic carbocycles. The first-order valence-corrected chi connectivity index (χ1v) is 12.3. The van der Waals surface area contributed by atoms with E-state index >= 15 is 0 Å². The van der Waals surface area contributed by atoms with E-state index in [1.54, 1.807) is 18.9 Å². The average molecular weight is 487 g/mol. The van der Waals surface area contributed by atoms with E-state index < -0.39 is 0 Å². The topological polar surface area (TPSA) is 79.4 Å². The van der Waals surface area contributed by atoms with E-state index in [4.69, 9.17) is 14.5 Å². The highest BCUT2D eigenvalue weighted by molar-refractivity contribution is 7.98. The highest BCUT2D eigenvalue weighted by atomic mass is 32.2. The van der Waals surface area contributed by atoms with E-state index in [1.807, 2.05) is 73.0 Å². The second-order valence-corrected chi connectivity index (χ2v) is 8.97. The molecule has 0 atom stereocenters. The van der Waals surface area contributed by atoms with Crippen LogP contribution in [0, 0.1) is 13.8 Å². The third-order valence-corrected chi connectivity index (χ3v) is 6.49. The van der Waals surface area contributed by atoms with Gasteiger partial charge in [-0.3, -0.25) is 8.97 Å². The van der Waals surface area contributed by atoms with E-state index in [9.17, 15) is 0 Å². The number of nitrogens with zero attached hydrogens (tertiary/aromatic N) is 6. The van der Waals surface area contributed by atoms with Gasteiger partial charge in [-0.15, -0.1) is 10.2 Å². The number of aryl methyl sites for hydroxylation is 2. The summed E-state index contributed by atoms with van der Waals surface area (Å²) in [6.07, 6.45) is 2.03. The van der Waals surface area contributed by atoms with Gasteiger partial charge in [0.05, 0.1) is 19.4 Å². The summed E-state index contributed by atoms with van der Waals surface area (Å²) >= 11 is 1.58. The number of aromatic nitrogens is 6. The number of hydrogen-bond acceptors (Lipinski definition) is 7. The molecule has 35 heavy (non-hydrogen) atoms. The minimum absolute atomic E-state index is 0.620. The van der Waals surface area contributed by atoms with Gasteiger partial charge in [0, 0.05) is 34.6 Å². The molecule has 3 aromatic heterocycles. The molecule has 0 saturated carbocycles. The number of hydrogen-bond donors (Lipinski definition) is 0. The van der Waals surface area contributed by atoms with Gasteiger partial charge in [0.15, 0.2) is 11.0 Å². The lowest BCUT2D eigenvalue weighted by molar-refractivity contribution is 0.340. The van der Waals surface area contributed by atoms with Crippen molar-refractivity contribution in [3.8, 4) is 28.6 Å². The zero-order valence-electron chi connectivity index (χ0n) is 20.1. The van der Waals surface area contributed by atoms with Crippen LogP contribution in [-0.2, 0) is 5.75 Å². The third kappa shape index (κ3) is 4.72.